The molecule has 0 spiro atoms. The summed E-state index contributed by atoms with van der Waals surface area (Å²) >= 11 is 0. The predicted molar refractivity (Wildman–Crippen MR) is 181 cm³/mol. The van der Waals surface area contributed by atoms with E-state index in [0.29, 0.717) is 0 Å². The summed E-state index contributed by atoms with van der Waals surface area (Å²) < 4.78 is 11.1. The smallest absolute Gasteiger partial charge is 0.335 e. The monoisotopic (exact) mass is 623 g/mol. The van der Waals surface area contributed by atoms with Crippen LogP contribution in [0.4, 0.5) is 11.4 Å². The van der Waals surface area contributed by atoms with Crippen LogP contribution in [0.25, 0.3) is 0 Å². The van der Waals surface area contributed by atoms with Crippen molar-refractivity contribution < 1.29 is 24.2 Å². The number of benzene rings is 3. The Hall–Kier alpha value is -4.24. The van der Waals surface area contributed by atoms with Gasteiger partial charge in [0.25, 0.3) is 5.91 Å². The van der Waals surface area contributed by atoms with Gasteiger partial charge in [0, 0.05) is 36.9 Å². The predicted octanol–water partition coefficient (Wildman–Crippen LogP) is 5.84. The molecule has 8 heteroatoms. The van der Waals surface area contributed by atoms with Gasteiger partial charge in [0.2, 0.25) is 0 Å². The van der Waals surface area contributed by atoms with Crippen molar-refractivity contribution in [2.45, 2.75) is 52.3 Å². The number of morpholine rings is 1. The summed E-state index contributed by atoms with van der Waals surface area (Å²) in [5, 5.41) is 18.0. The Balaban J connectivity index is 1.55. The first-order chi connectivity index (χ1) is 22.4. The van der Waals surface area contributed by atoms with E-state index in [1.807, 2.05) is 68.5 Å². The zero-order chi connectivity index (χ0) is 32.5. The van der Waals surface area contributed by atoms with Crippen LogP contribution < -0.4 is 10.6 Å². The highest BCUT2D eigenvalue weighted by Crippen LogP contribution is 2.39. The molecule has 46 heavy (non-hydrogen) atoms. The standard InChI is InChI=1S/C38H45N3O5/c1-4-27-11-10-12-28(5-2)35(27)40-37(43)34-32(42)20-19-31(33(34)38(44)46-6-3)36(39-30-13-8-7-9-14-30)29-17-15-26(16-18-29)25-41-21-23-45-24-22-41/h7-20,31-32,36,39,42H,4-6,21-25H2,1-3H3,(H,40,43)/t31?,32-,36+/m1/s1. The van der Waals surface area contributed by atoms with E-state index in [2.05, 4.69) is 39.8 Å². The van der Waals surface area contributed by atoms with Crippen LogP contribution >= 0.6 is 0 Å². The number of hydrogen-bond donors (Lipinski definition) is 3. The van der Waals surface area contributed by atoms with Crippen LogP contribution in [-0.4, -0.2) is 60.9 Å². The summed E-state index contributed by atoms with van der Waals surface area (Å²) in [4.78, 5) is 30.3. The van der Waals surface area contributed by atoms with E-state index in [4.69, 9.17) is 9.47 Å². The van der Waals surface area contributed by atoms with Gasteiger partial charge in [0.15, 0.2) is 0 Å². The minimum Gasteiger partial charge on any atom is -0.463 e. The summed E-state index contributed by atoms with van der Waals surface area (Å²) in [5.74, 6) is -1.75. The molecule has 1 heterocycles. The van der Waals surface area contributed by atoms with Crippen LogP contribution in [0.1, 0.15) is 49.1 Å². The van der Waals surface area contributed by atoms with Gasteiger partial charge in [-0.25, -0.2) is 4.79 Å². The average Bonchev–Trinajstić information content (AvgIpc) is 3.08. The van der Waals surface area contributed by atoms with Gasteiger partial charge < -0.3 is 25.2 Å². The first-order valence-corrected chi connectivity index (χ1v) is 16.3. The number of carbonyl (C=O) groups is 2. The highest BCUT2D eigenvalue weighted by Gasteiger charge is 2.39. The molecule has 0 radical (unpaired) electrons. The number of anilines is 2. The normalized spacial score (nSPS) is 19.0. The van der Waals surface area contributed by atoms with E-state index in [0.717, 1.165) is 73.8 Å². The Morgan fingerprint density at radius 3 is 2.20 bits per heavy atom. The van der Waals surface area contributed by atoms with Gasteiger partial charge in [-0.2, -0.15) is 0 Å². The maximum atomic E-state index is 14.1. The number of nitrogens with one attached hydrogen (secondary N) is 2. The number of nitrogens with zero attached hydrogens (tertiary/aromatic N) is 1. The number of rotatable bonds is 12. The van der Waals surface area contributed by atoms with Crippen molar-refractivity contribution in [1.29, 1.82) is 0 Å². The van der Waals surface area contributed by atoms with Crippen molar-refractivity contribution in [1.82, 2.24) is 4.90 Å². The molecule has 242 valence electrons. The van der Waals surface area contributed by atoms with Crippen LogP contribution in [0, 0.1) is 5.92 Å². The summed E-state index contributed by atoms with van der Waals surface area (Å²) in [6.45, 7) is 10.0. The third kappa shape index (κ3) is 7.76. The van der Waals surface area contributed by atoms with Gasteiger partial charge in [-0.05, 0) is 54.2 Å². The number of para-hydroxylation sites is 2. The van der Waals surface area contributed by atoms with Gasteiger partial charge in [0.05, 0.1) is 37.0 Å². The van der Waals surface area contributed by atoms with E-state index < -0.39 is 29.9 Å². The number of aryl methyl sites for hydroxylation is 2. The zero-order valence-electron chi connectivity index (χ0n) is 27.0. The topological polar surface area (TPSA) is 100 Å². The van der Waals surface area contributed by atoms with Crippen molar-refractivity contribution in [2.24, 2.45) is 5.92 Å². The second-order valence-corrected chi connectivity index (χ2v) is 11.6. The van der Waals surface area contributed by atoms with Gasteiger partial charge in [-0.15, -0.1) is 0 Å². The second kappa shape index (κ2) is 15.9. The Bertz CT molecular complexity index is 1520. The molecule has 3 N–H and O–H groups in total. The number of hydrogen-bond acceptors (Lipinski definition) is 7. The first kappa shape index (κ1) is 33.1. The molecule has 3 aromatic carbocycles. The van der Waals surface area contributed by atoms with E-state index in [1.165, 1.54) is 5.56 Å². The Labute approximate surface area is 272 Å². The Morgan fingerprint density at radius 2 is 1.57 bits per heavy atom. The first-order valence-electron chi connectivity index (χ1n) is 16.3. The molecule has 1 saturated heterocycles. The highest BCUT2D eigenvalue weighted by molar-refractivity contribution is 6.11. The number of aliphatic hydroxyl groups is 1. The summed E-state index contributed by atoms with van der Waals surface area (Å²) in [6.07, 6.45) is 3.59. The maximum absolute atomic E-state index is 14.1. The minimum absolute atomic E-state index is 0.00251. The van der Waals surface area contributed by atoms with Crippen molar-refractivity contribution in [2.75, 3.05) is 43.5 Å². The molecular formula is C38H45N3O5. The van der Waals surface area contributed by atoms with Crippen LogP contribution in [-0.2, 0) is 38.4 Å². The van der Waals surface area contributed by atoms with Crippen LogP contribution in [0.2, 0.25) is 0 Å². The van der Waals surface area contributed by atoms with Gasteiger partial charge in [0.1, 0.15) is 6.10 Å². The molecule has 1 aliphatic carbocycles. The van der Waals surface area contributed by atoms with E-state index in [1.54, 1.807) is 13.0 Å². The number of ether oxygens (including phenoxy) is 2. The molecule has 1 unspecified atom stereocenters. The quantitative estimate of drug-likeness (QED) is 0.172. The van der Waals surface area contributed by atoms with Crippen molar-refractivity contribution in [3.63, 3.8) is 0 Å². The maximum Gasteiger partial charge on any atom is 0.335 e. The SMILES string of the molecule is CCOC(=O)C1=C(C(=O)Nc2c(CC)cccc2CC)[C@H](O)C=CC1[C@@H](Nc1ccccc1)c1ccc(CN2CCOCC2)cc1. The largest absolute Gasteiger partial charge is 0.463 e. The van der Waals surface area contributed by atoms with E-state index in [9.17, 15) is 14.7 Å². The molecule has 1 amide bonds. The molecule has 2 aliphatic rings. The van der Waals surface area contributed by atoms with Gasteiger partial charge >= 0.3 is 5.97 Å². The number of amides is 1. The van der Waals surface area contributed by atoms with Gasteiger partial charge in [-0.3, -0.25) is 9.69 Å². The zero-order valence-corrected chi connectivity index (χ0v) is 27.0. The number of carbonyl (C=O) groups excluding carboxylic acids is 2. The molecule has 0 aromatic heterocycles. The fourth-order valence-electron chi connectivity index (χ4n) is 6.27. The molecular weight excluding hydrogens is 578 g/mol. The molecule has 3 aromatic rings. The van der Waals surface area contributed by atoms with Crippen LogP contribution in [0.15, 0.2) is 96.1 Å². The average molecular weight is 624 g/mol. The van der Waals surface area contributed by atoms with Gasteiger partial charge in [-0.1, -0.05) is 86.7 Å². The van der Waals surface area contributed by atoms with Crippen LogP contribution in [0.5, 0.6) is 0 Å². The lowest BCUT2D eigenvalue weighted by Crippen LogP contribution is -2.36. The highest BCUT2D eigenvalue weighted by atomic mass is 16.5. The molecule has 1 fully saturated rings. The number of esters is 1. The second-order valence-electron chi connectivity index (χ2n) is 11.6. The molecule has 0 bridgehead atoms. The molecule has 3 atom stereocenters. The van der Waals surface area contributed by atoms with E-state index in [-0.39, 0.29) is 17.8 Å². The molecule has 8 nitrogen and oxygen atoms in total. The fraction of sp³-hybridized carbons (Fsp3) is 0.368. The van der Waals surface area contributed by atoms with Crippen molar-refractivity contribution in [3.05, 3.63) is 118 Å². The minimum atomic E-state index is -1.28. The van der Waals surface area contributed by atoms with Crippen LogP contribution in [0.3, 0.4) is 0 Å². The lowest BCUT2D eigenvalue weighted by molar-refractivity contribution is -0.139. The third-order valence-electron chi connectivity index (χ3n) is 8.70. The number of aliphatic hydroxyl groups excluding tert-OH is 1. The van der Waals surface area contributed by atoms with E-state index >= 15 is 0 Å². The van der Waals surface area contributed by atoms with Crippen molar-refractivity contribution in [3.8, 4) is 0 Å². The summed E-state index contributed by atoms with van der Waals surface area (Å²) in [5.41, 5.74) is 5.83. The Kier molecular flexibility index (Phi) is 11.4. The molecule has 5 rings (SSSR count). The molecule has 1 aliphatic heterocycles. The lowest BCUT2D eigenvalue weighted by Gasteiger charge is -2.33. The summed E-state index contributed by atoms with van der Waals surface area (Å²) in [7, 11) is 0. The van der Waals surface area contributed by atoms with Crippen molar-refractivity contribution >= 4 is 23.3 Å². The Morgan fingerprint density at radius 1 is 0.891 bits per heavy atom. The molecule has 0 saturated carbocycles. The lowest BCUT2D eigenvalue weighted by atomic mass is 9.78. The summed E-state index contributed by atoms with van der Waals surface area (Å²) in [6, 6.07) is 23.7. The third-order valence-corrected chi connectivity index (χ3v) is 8.70. The fourth-order valence-corrected chi connectivity index (χ4v) is 6.27.